The van der Waals surface area contributed by atoms with Crippen molar-refractivity contribution in [3.05, 3.63) is 0 Å². The van der Waals surface area contributed by atoms with Crippen LogP contribution in [0.5, 0.6) is 0 Å². The molecule has 0 amide bonds. The Labute approximate surface area is 113 Å². The van der Waals surface area contributed by atoms with Crippen molar-refractivity contribution in [1.82, 2.24) is 15.1 Å². The molecule has 0 bridgehead atoms. The van der Waals surface area contributed by atoms with Crippen LogP contribution in [0, 0.1) is 11.8 Å². The van der Waals surface area contributed by atoms with E-state index in [2.05, 4.69) is 43.1 Å². The highest BCUT2D eigenvalue weighted by Crippen LogP contribution is 2.32. The number of hydrogen-bond acceptors (Lipinski definition) is 3. The maximum absolute atomic E-state index is 3.60. The average Bonchev–Trinajstić information content (AvgIpc) is 2.61. The van der Waals surface area contributed by atoms with Crippen molar-refractivity contribution >= 4 is 0 Å². The minimum absolute atomic E-state index is 0.625. The number of likely N-dealkylation sites (tertiary alicyclic amines) is 1. The van der Waals surface area contributed by atoms with E-state index in [1.807, 2.05) is 0 Å². The first kappa shape index (κ1) is 14.3. The Morgan fingerprint density at radius 1 is 1.28 bits per heavy atom. The molecule has 3 atom stereocenters. The second-order valence-electron chi connectivity index (χ2n) is 6.82. The van der Waals surface area contributed by atoms with Gasteiger partial charge in [0.1, 0.15) is 0 Å². The summed E-state index contributed by atoms with van der Waals surface area (Å²) in [5.74, 6) is 1.79. The van der Waals surface area contributed by atoms with Crippen molar-refractivity contribution in [3.8, 4) is 0 Å². The molecule has 2 rings (SSSR count). The van der Waals surface area contributed by atoms with E-state index in [4.69, 9.17) is 0 Å². The monoisotopic (exact) mass is 253 g/mol. The Hall–Kier alpha value is -0.120. The van der Waals surface area contributed by atoms with E-state index >= 15 is 0 Å². The largest absolute Gasteiger partial charge is 0.314 e. The summed E-state index contributed by atoms with van der Waals surface area (Å²) >= 11 is 0. The van der Waals surface area contributed by atoms with Crippen molar-refractivity contribution in [2.24, 2.45) is 11.8 Å². The molecular weight excluding hydrogens is 222 g/mol. The normalized spacial score (nSPS) is 33.3. The predicted octanol–water partition coefficient (Wildman–Crippen LogP) is 1.65. The maximum Gasteiger partial charge on any atom is 0.0133 e. The van der Waals surface area contributed by atoms with Crippen LogP contribution in [0.25, 0.3) is 0 Å². The molecule has 2 fully saturated rings. The van der Waals surface area contributed by atoms with Gasteiger partial charge in [-0.1, -0.05) is 13.8 Å². The lowest BCUT2D eigenvalue weighted by Gasteiger charge is -2.44. The molecule has 3 unspecified atom stereocenters. The summed E-state index contributed by atoms with van der Waals surface area (Å²) in [5, 5.41) is 3.60. The van der Waals surface area contributed by atoms with E-state index in [9.17, 15) is 0 Å². The van der Waals surface area contributed by atoms with Gasteiger partial charge >= 0.3 is 0 Å². The van der Waals surface area contributed by atoms with Crippen LogP contribution < -0.4 is 5.32 Å². The standard InChI is InChI=1S/C15H31N3/c1-12(2)16-9-14-5-6-15(14)18(4)11-13-7-8-17(3)10-13/h12-16H,5-11H2,1-4H3. The minimum Gasteiger partial charge on any atom is -0.314 e. The number of nitrogens with one attached hydrogen (secondary N) is 1. The van der Waals surface area contributed by atoms with Gasteiger partial charge in [-0.15, -0.1) is 0 Å². The Bertz CT molecular complexity index is 254. The highest BCUT2D eigenvalue weighted by atomic mass is 15.2. The fraction of sp³-hybridized carbons (Fsp3) is 1.00. The molecule has 1 saturated heterocycles. The van der Waals surface area contributed by atoms with E-state index in [0.717, 1.165) is 17.9 Å². The topological polar surface area (TPSA) is 18.5 Å². The zero-order valence-corrected chi connectivity index (χ0v) is 12.7. The fourth-order valence-electron chi connectivity index (χ4n) is 3.47. The third-order valence-corrected chi connectivity index (χ3v) is 4.77. The van der Waals surface area contributed by atoms with Crippen molar-refractivity contribution in [3.63, 3.8) is 0 Å². The van der Waals surface area contributed by atoms with Crippen LogP contribution in [0.4, 0.5) is 0 Å². The Balaban J connectivity index is 1.70. The van der Waals surface area contributed by atoms with E-state index < -0.39 is 0 Å². The molecule has 3 nitrogen and oxygen atoms in total. The Morgan fingerprint density at radius 2 is 2.06 bits per heavy atom. The quantitative estimate of drug-likeness (QED) is 0.776. The van der Waals surface area contributed by atoms with Gasteiger partial charge in [0.25, 0.3) is 0 Å². The summed E-state index contributed by atoms with van der Waals surface area (Å²) in [7, 11) is 4.59. The summed E-state index contributed by atoms with van der Waals surface area (Å²) < 4.78 is 0. The molecule has 3 heteroatoms. The summed E-state index contributed by atoms with van der Waals surface area (Å²) in [5.41, 5.74) is 0. The van der Waals surface area contributed by atoms with Crippen molar-refractivity contribution in [2.45, 2.75) is 45.2 Å². The molecule has 0 aromatic heterocycles. The Kier molecular flexibility index (Phi) is 5.05. The number of hydrogen-bond donors (Lipinski definition) is 1. The van der Waals surface area contributed by atoms with Crippen molar-refractivity contribution < 1.29 is 0 Å². The van der Waals surface area contributed by atoms with Crippen molar-refractivity contribution in [1.29, 1.82) is 0 Å². The fourth-order valence-corrected chi connectivity index (χ4v) is 3.47. The summed E-state index contributed by atoms with van der Waals surface area (Å²) in [6.07, 6.45) is 4.21. The lowest BCUT2D eigenvalue weighted by molar-refractivity contribution is 0.0708. The number of nitrogens with zero attached hydrogens (tertiary/aromatic N) is 2. The molecular formula is C15H31N3. The smallest absolute Gasteiger partial charge is 0.0133 e. The van der Waals surface area contributed by atoms with Gasteiger partial charge in [-0.3, -0.25) is 0 Å². The van der Waals surface area contributed by atoms with E-state index in [1.54, 1.807) is 0 Å². The van der Waals surface area contributed by atoms with Crippen LogP contribution in [-0.2, 0) is 0 Å². The van der Waals surface area contributed by atoms with Gasteiger partial charge in [0.15, 0.2) is 0 Å². The first-order valence-electron chi connectivity index (χ1n) is 7.68. The highest BCUT2D eigenvalue weighted by Gasteiger charge is 2.34. The van der Waals surface area contributed by atoms with Crippen molar-refractivity contribution in [2.75, 3.05) is 40.3 Å². The molecule has 1 heterocycles. The molecule has 1 saturated carbocycles. The molecule has 1 aliphatic carbocycles. The lowest BCUT2D eigenvalue weighted by Crippen LogP contribution is -2.51. The minimum atomic E-state index is 0.625. The van der Waals surface area contributed by atoms with Gasteiger partial charge in [0.2, 0.25) is 0 Å². The van der Waals surface area contributed by atoms with E-state index in [0.29, 0.717) is 6.04 Å². The number of rotatable bonds is 6. The first-order chi connectivity index (χ1) is 8.56. The van der Waals surface area contributed by atoms with Crippen LogP contribution in [0.3, 0.4) is 0 Å². The first-order valence-corrected chi connectivity index (χ1v) is 7.68. The summed E-state index contributed by atoms with van der Waals surface area (Å²) in [4.78, 5) is 5.11. The lowest BCUT2D eigenvalue weighted by atomic mass is 9.78. The Morgan fingerprint density at radius 3 is 2.56 bits per heavy atom. The maximum atomic E-state index is 3.60. The van der Waals surface area contributed by atoms with Crippen LogP contribution >= 0.6 is 0 Å². The van der Waals surface area contributed by atoms with E-state index in [1.165, 1.54) is 45.4 Å². The van der Waals surface area contributed by atoms with Gasteiger partial charge in [-0.05, 0) is 58.3 Å². The van der Waals surface area contributed by atoms with Gasteiger partial charge in [0.05, 0.1) is 0 Å². The third kappa shape index (κ3) is 3.69. The highest BCUT2D eigenvalue weighted by molar-refractivity contribution is 4.90. The van der Waals surface area contributed by atoms with E-state index in [-0.39, 0.29) is 0 Å². The molecule has 0 aromatic rings. The van der Waals surface area contributed by atoms with Gasteiger partial charge in [-0.2, -0.15) is 0 Å². The molecule has 1 N–H and O–H groups in total. The van der Waals surface area contributed by atoms with Crippen LogP contribution in [0.2, 0.25) is 0 Å². The zero-order chi connectivity index (χ0) is 13.1. The molecule has 2 aliphatic rings. The van der Waals surface area contributed by atoms with Crippen LogP contribution in [0.15, 0.2) is 0 Å². The molecule has 0 radical (unpaired) electrons. The van der Waals surface area contributed by atoms with Crippen LogP contribution in [0.1, 0.15) is 33.1 Å². The zero-order valence-electron chi connectivity index (χ0n) is 12.7. The third-order valence-electron chi connectivity index (χ3n) is 4.77. The predicted molar refractivity (Wildman–Crippen MR) is 77.9 cm³/mol. The second kappa shape index (κ2) is 6.36. The molecule has 106 valence electrons. The average molecular weight is 253 g/mol. The van der Waals surface area contributed by atoms with Crippen LogP contribution in [-0.4, -0.2) is 62.2 Å². The molecule has 18 heavy (non-hydrogen) atoms. The second-order valence-corrected chi connectivity index (χ2v) is 6.82. The SMILES string of the molecule is CC(C)NCC1CCC1N(C)CC1CCN(C)C1. The summed E-state index contributed by atoms with van der Waals surface area (Å²) in [6.45, 7) is 9.58. The molecule has 1 aliphatic heterocycles. The van der Waals surface area contributed by atoms with Gasteiger partial charge < -0.3 is 15.1 Å². The molecule has 0 aromatic carbocycles. The molecule has 0 spiro atoms. The van der Waals surface area contributed by atoms with Gasteiger partial charge in [-0.25, -0.2) is 0 Å². The summed E-state index contributed by atoms with van der Waals surface area (Å²) in [6, 6.07) is 1.46. The van der Waals surface area contributed by atoms with Gasteiger partial charge in [0, 0.05) is 25.2 Å².